The Morgan fingerprint density at radius 2 is 2.25 bits per heavy atom. The maximum atomic E-state index is 10.9. The number of rotatable bonds is 0. The standard InChI is InChI=1S/C7H6N2O3/c10-3-1-2-5-4-8-7(12)9-6(5)11/h4,10H,3H2,(H2,8,9,11,12). The zero-order chi connectivity index (χ0) is 8.97. The van der Waals surface area contributed by atoms with Gasteiger partial charge >= 0.3 is 5.69 Å². The Bertz CT molecular complexity index is 432. The van der Waals surface area contributed by atoms with E-state index in [0.717, 1.165) is 0 Å². The molecular formula is C7H6N2O3. The van der Waals surface area contributed by atoms with Gasteiger partial charge in [-0.25, -0.2) is 4.79 Å². The van der Waals surface area contributed by atoms with Crippen molar-refractivity contribution in [2.75, 3.05) is 6.61 Å². The van der Waals surface area contributed by atoms with Gasteiger partial charge < -0.3 is 10.1 Å². The number of aromatic nitrogens is 2. The molecule has 1 heterocycles. The lowest BCUT2D eigenvalue weighted by molar-refractivity contribution is 0.350. The number of aliphatic hydroxyl groups is 1. The minimum atomic E-state index is -0.574. The van der Waals surface area contributed by atoms with Gasteiger partial charge in [-0.15, -0.1) is 0 Å². The average Bonchev–Trinajstić information content (AvgIpc) is 2.03. The lowest BCUT2D eigenvalue weighted by atomic mass is 10.3. The molecule has 0 spiro atoms. The van der Waals surface area contributed by atoms with Crippen molar-refractivity contribution < 1.29 is 5.11 Å². The van der Waals surface area contributed by atoms with Gasteiger partial charge in [0.25, 0.3) is 5.56 Å². The quantitative estimate of drug-likeness (QED) is 0.406. The summed E-state index contributed by atoms with van der Waals surface area (Å²) >= 11 is 0. The fourth-order valence-corrected chi connectivity index (χ4v) is 0.637. The van der Waals surface area contributed by atoms with Gasteiger partial charge in [0.05, 0.1) is 0 Å². The van der Waals surface area contributed by atoms with E-state index in [2.05, 4.69) is 16.8 Å². The molecule has 5 heteroatoms. The topological polar surface area (TPSA) is 85.9 Å². The molecule has 0 bridgehead atoms. The first-order valence-electron chi connectivity index (χ1n) is 3.16. The number of hydrogen-bond donors (Lipinski definition) is 3. The largest absolute Gasteiger partial charge is 0.384 e. The second-order valence-corrected chi connectivity index (χ2v) is 1.95. The molecule has 0 aliphatic heterocycles. The van der Waals surface area contributed by atoms with Gasteiger partial charge in [-0.1, -0.05) is 11.8 Å². The SMILES string of the molecule is O=c1[nH]cc(C#CCO)c(=O)[nH]1. The molecule has 62 valence electrons. The van der Waals surface area contributed by atoms with E-state index in [4.69, 9.17) is 5.11 Å². The van der Waals surface area contributed by atoms with Crippen LogP contribution < -0.4 is 11.2 Å². The van der Waals surface area contributed by atoms with Crippen LogP contribution in [0.5, 0.6) is 0 Å². The van der Waals surface area contributed by atoms with Crippen LogP contribution in [-0.2, 0) is 0 Å². The van der Waals surface area contributed by atoms with Crippen molar-refractivity contribution in [1.29, 1.82) is 0 Å². The first-order valence-corrected chi connectivity index (χ1v) is 3.16. The van der Waals surface area contributed by atoms with E-state index < -0.39 is 11.2 Å². The smallest absolute Gasteiger partial charge is 0.325 e. The molecule has 5 nitrogen and oxygen atoms in total. The molecule has 0 atom stereocenters. The number of H-pyrrole nitrogens is 2. The van der Waals surface area contributed by atoms with Crippen LogP contribution in [-0.4, -0.2) is 21.7 Å². The van der Waals surface area contributed by atoms with Gasteiger partial charge in [-0.3, -0.25) is 9.78 Å². The maximum Gasteiger partial charge on any atom is 0.325 e. The van der Waals surface area contributed by atoms with E-state index in [1.165, 1.54) is 6.20 Å². The molecule has 3 N–H and O–H groups in total. The second kappa shape index (κ2) is 3.55. The molecule has 0 amide bonds. The molecule has 0 aliphatic carbocycles. The average molecular weight is 166 g/mol. The fraction of sp³-hybridized carbons (Fsp3) is 0.143. The molecule has 12 heavy (non-hydrogen) atoms. The fourth-order valence-electron chi connectivity index (χ4n) is 0.637. The van der Waals surface area contributed by atoms with Crippen LogP contribution in [0.1, 0.15) is 5.56 Å². The Balaban J connectivity index is 3.19. The van der Waals surface area contributed by atoms with E-state index in [1.807, 2.05) is 4.98 Å². The number of nitrogens with one attached hydrogen (secondary N) is 2. The van der Waals surface area contributed by atoms with Crippen LogP contribution in [0.25, 0.3) is 0 Å². The minimum absolute atomic E-state index is 0.128. The van der Waals surface area contributed by atoms with E-state index in [9.17, 15) is 9.59 Å². The lowest BCUT2D eigenvalue weighted by Crippen LogP contribution is -2.23. The summed E-state index contributed by atoms with van der Waals surface area (Å²) in [6.07, 6.45) is 1.20. The molecular weight excluding hydrogens is 160 g/mol. The van der Waals surface area contributed by atoms with Crippen molar-refractivity contribution in [1.82, 2.24) is 9.97 Å². The Labute approximate surface area is 67.1 Å². The Hall–Kier alpha value is -1.80. The Kier molecular flexibility index (Phi) is 2.46. The van der Waals surface area contributed by atoms with E-state index in [1.54, 1.807) is 0 Å². The minimum Gasteiger partial charge on any atom is -0.384 e. The predicted molar refractivity (Wildman–Crippen MR) is 41.6 cm³/mol. The molecule has 0 fully saturated rings. The Morgan fingerprint density at radius 1 is 1.50 bits per heavy atom. The van der Waals surface area contributed by atoms with Crippen LogP contribution in [0.2, 0.25) is 0 Å². The van der Waals surface area contributed by atoms with Gasteiger partial charge in [0.2, 0.25) is 0 Å². The predicted octanol–water partition coefficient (Wildman–Crippen LogP) is -1.59. The summed E-state index contributed by atoms with van der Waals surface area (Å²) < 4.78 is 0. The second-order valence-electron chi connectivity index (χ2n) is 1.95. The van der Waals surface area contributed by atoms with Crippen LogP contribution in [0.3, 0.4) is 0 Å². The summed E-state index contributed by atoms with van der Waals surface area (Å²) in [4.78, 5) is 25.6. The molecule has 0 saturated carbocycles. The van der Waals surface area contributed by atoms with Crippen molar-refractivity contribution in [2.24, 2.45) is 0 Å². The molecule has 1 rings (SSSR count). The number of aromatic amines is 2. The first kappa shape index (κ1) is 8.30. The molecule has 0 aliphatic rings. The molecule has 0 aromatic carbocycles. The zero-order valence-corrected chi connectivity index (χ0v) is 6.05. The van der Waals surface area contributed by atoms with Gasteiger partial charge in [-0.05, 0) is 0 Å². The number of hydrogen-bond acceptors (Lipinski definition) is 3. The highest BCUT2D eigenvalue weighted by atomic mass is 16.2. The number of aliphatic hydroxyl groups excluding tert-OH is 1. The third-order valence-electron chi connectivity index (χ3n) is 1.12. The van der Waals surface area contributed by atoms with Crippen molar-refractivity contribution in [3.05, 3.63) is 32.6 Å². The van der Waals surface area contributed by atoms with Crippen LogP contribution in [0.15, 0.2) is 15.8 Å². The Morgan fingerprint density at radius 3 is 2.83 bits per heavy atom. The van der Waals surface area contributed by atoms with Crippen LogP contribution in [0.4, 0.5) is 0 Å². The highest BCUT2D eigenvalue weighted by molar-refractivity contribution is 5.28. The van der Waals surface area contributed by atoms with Crippen LogP contribution >= 0.6 is 0 Å². The van der Waals surface area contributed by atoms with E-state index in [0.29, 0.717) is 0 Å². The lowest BCUT2D eigenvalue weighted by Gasteiger charge is -1.85. The van der Waals surface area contributed by atoms with Gasteiger partial charge in [0.15, 0.2) is 0 Å². The molecule has 1 aromatic rings. The van der Waals surface area contributed by atoms with Gasteiger partial charge in [0, 0.05) is 6.20 Å². The summed E-state index contributed by atoms with van der Waals surface area (Å²) in [6, 6.07) is 0. The normalized spacial score (nSPS) is 8.75. The molecule has 0 unspecified atom stereocenters. The summed E-state index contributed by atoms with van der Waals surface area (Å²) in [7, 11) is 0. The highest BCUT2D eigenvalue weighted by Crippen LogP contribution is 1.77. The summed E-state index contributed by atoms with van der Waals surface area (Å²) in [5, 5.41) is 8.32. The monoisotopic (exact) mass is 166 g/mol. The van der Waals surface area contributed by atoms with Gasteiger partial charge in [-0.2, -0.15) is 0 Å². The van der Waals surface area contributed by atoms with E-state index in [-0.39, 0.29) is 12.2 Å². The summed E-state index contributed by atoms with van der Waals surface area (Å²) in [5.74, 6) is 4.66. The summed E-state index contributed by atoms with van der Waals surface area (Å²) in [5.41, 5.74) is -1.00. The van der Waals surface area contributed by atoms with Crippen molar-refractivity contribution >= 4 is 0 Å². The molecule has 0 saturated heterocycles. The molecule has 0 radical (unpaired) electrons. The van der Waals surface area contributed by atoms with Crippen molar-refractivity contribution in [2.45, 2.75) is 0 Å². The third-order valence-corrected chi connectivity index (χ3v) is 1.12. The summed E-state index contributed by atoms with van der Waals surface area (Å²) in [6.45, 7) is -0.321. The third kappa shape index (κ3) is 1.84. The van der Waals surface area contributed by atoms with E-state index >= 15 is 0 Å². The van der Waals surface area contributed by atoms with Crippen LogP contribution in [0, 0.1) is 11.8 Å². The first-order chi connectivity index (χ1) is 5.74. The van der Waals surface area contributed by atoms with Crippen molar-refractivity contribution in [3.63, 3.8) is 0 Å². The van der Waals surface area contributed by atoms with Gasteiger partial charge in [0.1, 0.15) is 12.2 Å². The maximum absolute atomic E-state index is 10.9. The molecule has 1 aromatic heterocycles. The highest BCUT2D eigenvalue weighted by Gasteiger charge is 1.93. The van der Waals surface area contributed by atoms with Crippen molar-refractivity contribution in [3.8, 4) is 11.8 Å². The zero-order valence-electron chi connectivity index (χ0n) is 6.05.